The summed E-state index contributed by atoms with van der Waals surface area (Å²) in [5, 5.41) is 21.1. The molecule has 122 valence electrons. The third-order valence-corrected chi connectivity index (χ3v) is 3.25. The van der Waals surface area contributed by atoms with Gasteiger partial charge in [-0.1, -0.05) is 0 Å². The van der Waals surface area contributed by atoms with E-state index in [2.05, 4.69) is 5.32 Å². The molecule has 1 saturated heterocycles. The van der Waals surface area contributed by atoms with Crippen LogP contribution in [0.2, 0.25) is 0 Å². The van der Waals surface area contributed by atoms with Crippen molar-refractivity contribution in [1.82, 2.24) is 10.2 Å². The molecule has 0 aromatic carbocycles. The van der Waals surface area contributed by atoms with Gasteiger partial charge in [0, 0.05) is 33.2 Å². The number of nitrogens with zero attached hydrogens (tertiary/aromatic N) is 1. The maximum Gasteiger partial charge on any atom is 0.326 e. The molecule has 0 aromatic rings. The highest BCUT2D eigenvalue weighted by molar-refractivity contribution is 5.83. The third-order valence-electron chi connectivity index (χ3n) is 3.25. The maximum absolute atomic E-state index is 11.9. The molecule has 1 aliphatic rings. The molecule has 21 heavy (non-hydrogen) atoms. The Kier molecular flexibility index (Phi) is 8.03. The molecule has 0 unspecified atom stereocenters. The number of carboxylic acids is 1. The largest absolute Gasteiger partial charge is 0.480 e. The number of rotatable bonds is 9. The van der Waals surface area contributed by atoms with Crippen LogP contribution in [-0.4, -0.2) is 79.3 Å². The fourth-order valence-electron chi connectivity index (χ4n) is 2.14. The number of carboxylic acid groups (broad SMARTS) is 1. The first-order valence-electron chi connectivity index (χ1n) is 7.08. The molecule has 0 aliphatic carbocycles. The highest BCUT2D eigenvalue weighted by Crippen LogP contribution is 2.17. The highest BCUT2D eigenvalue weighted by Gasteiger charge is 2.38. The second-order valence-corrected chi connectivity index (χ2v) is 4.94. The van der Waals surface area contributed by atoms with Crippen molar-refractivity contribution in [3.8, 4) is 0 Å². The lowest BCUT2D eigenvalue weighted by Crippen LogP contribution is -2.46. The minimum absolute atomic E-state index is 0.0585. The van der Waals surface area contributed by atoms with E-state index in [1.165, 1.54) is 4.90 Å². The van der Waals surface area contributed by atoms with E-state index < -0.39 is 24.1 Å². The van der Waals surface area contributed by atoms with Crippen LogP contribution in [0.5, 0.6) is 0 Å². The van der Waals surface area contributed by atoms with Crippen LogP contribution in [0.25, 0.3) is 0 Å². The number of unbranched alkanes of at least 4 members (excludes halogenated alkanes) is 1. The molecule has 0 radical (unpaired) electrons. The number of β-amino-alcohol motifs (C(OH)–C–C–N with tert-alkyl or cyclic N) is 1. The number of ether oxygens (including phenoxy) is 2. The normalized spacial score (nSPS) is 21.5. The molecule has 0 bridgehead atoms. The van der Waals surface area contributed by atoms with E-state index in [-0.39, 0.29) is 13.0 Å². The van der Waals surface area contributed by atoms with Gasteiger partial charge in [-0.25, -0.2) is 9.59 Å². The predicted octanol–water partition coefficient (Wildman–Crippen LogP) is -0.341. The molecular weight excluding hydrogens is 280 g/mol. The van der Waals surface area contributed by atoms with Crippen molar-refractivity contribution < 1.29 is 29.3 Å². The van der Waals surface area contributed by atoms with Gasteiger partial charge >= 0.3 is 12.0 Å². The lowest BCUT2D eigenvalue weighted by molar-refractivity contribution is -0.141. The number of carbonyl (C=O) groups is 2. The summed E-state index contributed by atoms with van der Waals surface area (Å²) in [7, 11) is 1.61. The summed E-state index contributed by atoms with van der Waals surface area (Å²) in [4.78, 5) is 24.0. The van der Waals surface area contributed by atoms with Crippen LogP contribution in [-0.2, 0) is 14.3 Å². The van der Waals surface area contributed by atoms with Gasteiger partial charge < -0.3 is 29.9 Å². The number of methoxy groups -OCH3 is 1. The first kappa shape index (κ1) is 17.7. The molecule has 0 saturated carbocycles. The van der Waals surface area contributed by atoms with Crippen molar-refractivity contribution in [1.29, 1.82) is 0 Å². The molecule has 1 aliphatic heterocycles. The van der Waals surface area contributed by atoms with Gasteiger partial charge in [0.05, 0.1) is 19.3 Å². The quantitative estimate of drug-likeness (QED) is 0.503. The predicted molar refractivity (Wildman–Crippen MR) is 74.1 cm³/mol. The Morgan fingerprint density at radius 3 is 2.71 bits per heavy atom. The van der Waals surface area contributed by atoms with Crippen LogP contribution >= 0.6 is 0 Å². The Balaban J connectivity index is 2.14. The standard InChI is InChI=1S/C13H24N2O6/c1-20-6-7-21-5-3-2-4-14-13(19)15-9-10(16)8-11(15)12(17)18/h10-11,16H,2-9H2,1H3,(H,14,19)(H,17,18)/t10-,11-/m0/s1. The van der Waals surface area contributed by atoms with E-state index in [0.717, 1.165) is 12.8 Å². The number of amides is 2. The summed E-state index contributed by atoms with van der Waals surface area (Å²) >= 11 is 0. The number of hydrogen-bond acceptors (Lipinski definition) is 5. The molecule has 0 spiro atoms. The molecule has 1 fully saturated rings. The molecule has 1 rings (SSSR count). The average molecular weight is 304 g/mol. The molecule has 2 amide bonds. The zero-order valence-electron chi connectivity index (χ0n) is 12.3. The minimum atomic E-state index is -1.09. The Morgan fingerprint density at radius 1 is 1.29 bits per heavy atom. The van der Waals surface area contributed by atoms with E-state index in [4.69, 9.17) is 14.6 Å². The fourth-order valence-corrected chi connectivity index (χ4v) is 2.14. The SMILES string of the molecule is COCCOCCCCNC(=O)N1C[C@@H](O)C[C@H]1C(=O)O. The second kappa shape index (κ2) is 9.54. The van der Waals surface area contributed by atoms with Crippen molar-refractivity contribution in [3.05, 3.63) is 0 Å². The molecule has 8 nitrogen and oxygen atoms in total. The number of urea groups is 1. The number of likely N-dealkylation sites (tertiary alicyclic amines) is 1. The molecule has 3 N–H and O–H groups in total. The van der Waals surface area contributed by atoms with Crippen LogP contribution in [0.3, 0.4) is 0 Å². The number of nitrogens with one attached hydrogen (secondary N) is 1. The molecule has 8 heteroatoms. The van der Waals surface area contributed by atoms with E-state index in [1.54, 1.807) is 7.11 Å². The molecule has 1 heterocycles. The Labute approximate surface area is 124 Å². The fraction of sp³-hybridized carbons (Fsp3) is 0.846. The first-order chi connectivity index (χ1) is 10.1. The lowest BCUT2D eigenvalue weighted by atomic mass is 10.2. The molecule has 0 aromatic heterocycles. The van der Waals surface area contributed by atoms with Gasteiger partial charge in [-0.3, -0.25) is 0 Å². The number of aliphatic hydroxyl groups is 1. The number of carbonyl (C=O) groups excluding carboxylic acids is 1. The Hall–Kier alpha value is -1.38. The monoisotopic (exact) mass is 304 g/mol. The smallest absolute Gasteiger partial charge is 0.326 e. The van der Waals surface area contributed by atoms with Gasteiger partial charge in [0.25, 0.3) is 0 Å². The van der Waals surface area contributed by atoms with Crippen molar-refractivity contribution >= 4 is 12.0 Å². The second-order valence-electron chi connectivity index (χ2n) is 4.94. The maximum atomic E-state index is 11.9. The summed E-state index contributed by atoms with van der Waals surface area (Å²) in [6.07, 6.45) is 0.851. The lowest BCUT2D eigenvalue weighted by Gasteiger charge is -2.21. The zero-order chi connectivity index (χ0) is 15.7. The van der Waals surface area contributed by atoms with Gasteiger partial charge in [0.2, 0.25) is 0 Å². The van der Waals surface area contributed by atoms with Crippen LogP contribution in [0, 0.1) is 0 Å². The minimum Gasteiger partial charge on any atom is -0.480 e. The van der Waals surface area contributed by atoms with Crippen LogP contribution in [0.1, 0.15) is 19.3 Å². The summed E-state index contributed by atoms with van der Waals surface area (Å²) in [5.41, 5.74) is 0. The number of aliphatic carboxylic acids is 1. The van der Waals surface area contributed by atoms with E-state index in [1.807, 2.05) is 0 Å². The number of hydrogen-bond donors (Lipinski definition) is 3. The number of aliphatic hydroxyl groups excluding tert-OH is 1. The summed E-state index contributed by atoms with van der Waals surface area (Å²) in [6.45, 7) is 2.22. The van der Waals surface area contributed by atoms with Crippen molar-refractivity contribution in [2.75, 3.05) is 40.0 Å². The Bertz CT molecular complexity index is 339. The van der Waals surface area contributed by atoms with Gasteiger partial charge in [0.1, 0.15) is 6.04 Å². The van der Waals surface area contributed by atoms with Crippen molar-refractivity contribution in [2.24, 2.45) is 0 Å². The summed E-state index contributed by atoms with van der Waals surface area (Å²) < 4.78 is 10.1. The third kappa shape index (κ3) is 6.28. The molecule has 2 atom stereocenters. The van der Waals surface area contributed by atoms with Crippen molar-refractivity contribution in [2.45, 2.75) is 31.4 Å². The summed E-state index contributed by atoms with van der Waals surface area (Å²) in [5.74, 6) is -1.09. The summed E-state index contributed by atoms with van der Waals surface area (Å²) in [6, 6.07) is -1.39. The average Bonchev–Trinajstić information content (AvgIpc) is 2.84. The van der Waals surface area contributed by atoms with Gasteiger partial charge in [-0.2, -0.15) is 0 Å². The van der Waals surface area contributed by atoms with Crippen molar-refractivity contribution in [3.63, 3.8) is 0 Å². The van der Waals surface area contributed by atoms with E-state index in [0.29, 0.717) is 26.4 Å². The zero-order valence-corrected chi connectivity index (χ0v) is 12.3. The first-order valence-corrected chi connectivity index (χ1v) is 7.08. The Morgan fingerprint density at radius 2 is 2.05 bits per heavy atom. The van der Waals surface area contributed by atoms with Crippen LogP contribution in [0.4, 0.5) is 4.79 Å². The van der Waals surface area contributed by atoms with Crippen LogP contribution in [0.15, 0.2) is 0 Å². The van der Waals surface area contributed by atoms with Gasteiger partial charge in [-0.05, 0) is 12.8 Å². The van der Waals surface area contributed by atoms with Crippen LogP contribution < -0.4 is 5.32 Å². The van der Waals surface area contributed by atoms with E-state index >= 15 is 0 Å². The molecular formula is C13H24N2O6. The van der Waals surface area contributed by atoms with Gasteiger partial charge in [0.15, 0.2) is 0 Å². The van der Waals surface area contributed by atoms with Gasteiger partial charge in [-0.15, -0.1) is 0 Å². The van der Waals surface area contributed by atoms with E-state index in [9.17, 15) is 14.7 Å². The topological polar surface area (TPSA) is 108 Å². The highest BCUT2D eigenvalue weighted by atomic mass is 16.5.